The van der Waals surface area contributed by atoms with Crippen LogP contribution in [-0.2, 0) is 33.7 Å². The van der Waals surface area contributed by atoms with E-state index >= 15 is 0 Å². The molecule has 10 nitrogen and oxygen atoms in total. The fourth-order valence-electron chi connectivity index (χ4n) is 6.66. The molecule has 0 bridgehead atoms. The van der Waals surface area contributed by atoms with Crippen molar-refractivity contribution in [1.82, 2.24) is 20.1 Å². The number of halogens is 1. The molecule has 12 heteroatoms. The van der Waals surface area contributed by atoms with Gasteiger partial charge in [0.2, 0.25) is 5.91 Å². The van der Waals surface area contributed by atoms with Crippen LogP contribution in [0.25, 0.3) is 10.2 Å². The van der Waals surface area contributed by atoms with Crippen LogP contribution in [0.4, 0.5) is 4.39 Å². The number of hydrogen-bond donors (Lipinski definition) is 4. The van der Waals surface area contributed by atoms with Crippen molar-refractivity contribution in [3.05, 3.63) is 98.4 Å². The molecule has 0 unspecified atom stereocenters. The number of fused-ring (bicyclic) bond motifs is 1. The molecule has 2 aliphatic rings. The van der Waals surface area contributed by atoms with Crippen LogP contribution >= 0.6 is 11.3 Å². The fraction of sp³-hybridized carbons (Fsp3) is 0.444. The number of nitrogens with zero attached hydrogens (tertiary/aromatic N) is 2. The van der Waals surface area contributed by atoms with Crippen LogP contribution in [0, 0.1) is 5.82 Å². The van der Waals surface area contributed by atoms with Crippen molar-refractivity contribution in [2.45, 2.75) is 43.9 Å². The SMILES string of the molecule is O=C(COCCc1ccccc1)N1CCOC2(CCN(Cc3cc(F)cc(CCNC[C@H](O)c4ccc(O)c5[nH]c(=O)sc45)c3)CC2)C1. The van der Waals surface area contributed by atoms with Crippen LogP contribution in [0.2, 0.25) is 0 Å². The first-order valence-corrected chi connectivity index (χ1v) is 17.4. The second-order valence-corrected chi connectivity index (χ2v) is 13.7. The molecule has 1 aromatic heterocycles. The summed E-state index contributed by atoms with van der Waals surface area (Å²) in [5.74, 6) is -0.308. The third kappa shape index (κ3) is 8.68. The van der Waals surface area contributed by atoms with Crippen LogP contribution in [-0.4, -0.2) is 95.6 Å². The van der Waals surface area contributed by atoms with Gasteiger partial charge in [0.15, 0.2) is 0 Å². The summed E-state index contributed by atoms with van der Waals surface area (Å²) >= 11 is 0.953. The number of hydrogen-bond acceptors (Lipinski definition) is 9. The maximum absolute atomic E-state index is 14.6. The molecule has 48 heavy (non-hydrogen) atoms. The van der Waals surface area contributed by atoms with Crippen LogP contribution in [0.1, 0.15) is 41.2 Å². The Bertz CT molecular complexity index is 1740. The second-order valence-electron chi connectivity index (χ2n) is 12.7. The van der Waals surface area contributed by atoms with Crippen molar-refractivity contribution in [2.75, 3.05) is 59.1 Å². The maximum Gasteiger partial charge on any atom is 0.305 e. The van der Waals surface area contributed by atoms with Gasteiger partial charge in [-0.1, -0.05) is 53.8 Å². The first kappa shape index (κ1) is 34.2. The van der Waals surface area contributed by atoms with E-state index in [4.69, 9.17) is 9.47 Å². The molecule has 4 aromatic rings. The number of piperidine rings is 1. The first-order valence-electron chi connectivity index (χ1n) is 16.5. The summed E-state index contributed by atoms with van der Waals surface area (Å²) in [5, 5.41) is 24.0. The Morgan fingerprint density at radius 2 is 1.85 bits per heavy atom. The zero-order valence-electron chi connectivity index (χ0n) is 27.0. The number of thiazole rings is 1. The van der Waals surface area contributed by atoms with Gasteiger partial charge in [-0.3, -0.25) is 14.5 Å². The van der Waals surface area contributed by atoms with E-state index in [1.54, 1.807) is 18.2 Å². The highest BCUT2D eigenvalue weighted by Crippen LogP contribution is 2.32. The lowest BCUT2D eigenvalue weighted by Gasteiger charge is -2.47. The lowest BCUT2D eigenvalue weighted by Crippen LogP contribution is -2.58. The standard InChI is InChI=1S/C36H43FN4O6S/c37-28-19-26(8-12-38-21-31(43)29-6-7-30(42)33-34(29)48-35(45)39-33)18-27(20-28)22-40-13-10-36(11-14-40)24-41(15-17-47-36)32(44)23-46-16-9-25-4-2-1-3-5-25/h1-7,18-20,31,38,42-43H,8-17,21-24H2,(H,39,45)/t31-/m0/s1. The Balaban J connectivity index is 0.937. The smallest absolute Gasteiger partial charge is 0.305 e. The third-order valence-corrected chi connectivity index (χ3v) is 10.2. The number of amides is 1. The third-order valence-electron chi connectivity index (χ3n) is 9.27. The molecule has 1 spiro atoms. The molecule has 256 valence electrons. The molecule has 2 saturated heterocycles. The largest absolute Gasteiger partial charge is 0.506 e. The predicted octanol–water partition coefficient (Wildman–Crippen LogP) is 3.75. The number of aliphatic hydroxyl groups excluding tert-OH is 1. The van der Waals surface area contributed by atoms with E-state index < -0.39 is 6.10 Å². The number of likely N-dealkylation sites (tertiary alicyclic amines) is 1. The van der Waals surface area contributed by atoms with Crippen molar-refractivity contribution in [3.8, 4) is 5.75 Å². The van der Waals surface area contributed by atoms with E-state index in [9.17, 15) is 24.2 Å². The molecule has 0 saturated carbocycles. The van der Waals surface area contributed by atoms with Gasteiger partial charge in [-0.2, -0.15) is 0 Å². The summed E-state index contributed by atoms with van der Waals surface area (Å²) in [6, 6.07) is 18.3. The summed E-state index contributed by atoms with van der Waals surface area (Å²) in [7, 11) is 0. The van der Waals surface area contributed by atoms with E-state index in [0.717, 1.165) is 54.8 Å². The minimum absolute atomic E-state index is 0.00103. The van der Waals surface area contributed by atoms with Gasteiger partial charge in [0.1, 0.15) is 23.7 Å². The Kier molecular flexibility index (Phi) is 11.2. The number of phenolic OH excluding ortho intramolecular Hbond substituents is 1. The molecule has 6 rings (SSSR count). The highest BCUT2D eigenvalue weighted by molar-refractivity contribution is 7.16. The molecule has 1 amide bonds. The number of carbonyl (C=O) groups excluding carboxylic acids is 1. The summed E-state index contributed by atoms with van der Waals surface area (Å²) in [4.78, 5) is 31.2. The normalized spacial score (nSPS) is 17.2. The van der Waals surface area contributed by atoms with Crippen molar-refractivity contribution < 1.29 is 28.9 Å². The van der Waals surface area contributed by atoms with Crippen molar-refractivity contribution in [1.29, 1.82) is 0 Å². The van der Waals surface area contributed by atoms with E-state index in [0.29, 0.717) is 61.6 Å². The van der Waals surface area contributed by atoms with Gasteiger partial charge < -0.3 is 34.9 Å². The van der Waals surface area contributed by atoms with Gasteiger partial charge >= 0.3 is 4.87 Å². The molecule has 2 aliphatic heterocycles. The highest BCUT2D eigenvalue weighted by atomic mass is 32.1. The first-order chi connectivity index (χ1) is 23.3. The lowest BCUT2D eigenvalue weighted by molar-refractivity contribution is -0.163. The maximum atomic E-state index is 14.6. The van der Waals surface area contributed by atoms with E-state index in [-0.39, 0.29) is 41.1 Å². The minimum Gasteiger partial charge on any atom is -0.506 e. The molecule has 3 aromatic carbocycles. The number of aromatic hydroxyl groups is 1. The molecule has 4 N–H and O–H groups in total. The van der Waals surface area contributed by atoms with Crippen LogP contribution in [0.15, 0.2) is 65.5 Å². The van der Waals surface area contributed by atoms with Crippen molar-refractivity contribution >= 4 is 27.5 Å². The number of carbonyl (C=O) groups is 1. The van der Waals surface area contributed by atoms with Crippen molar-refractivity contribution in [3.63, 3.8) is 0 Å². The average molecular weight is 679 g/mol. The topological polar surface area (TPSA) is 127 Å². The van der Waals surface area contributed by atoms with Gasteiger partial charge in [-0.15, -0.1) is 0 Å². The van der Waals surface area contributed by atoms with Crippen LogP contribution < -0.4 is 10.2 Å². The average Bonchev–Trinajstić information content (AvgIpc) is 3.49. The molecule has 3 heterocycles. The number of benzene rings is 3. The van der Waals surface area contributed by atoms with E-state index in [2.05, 4.69) is 27.3 Å². The van der Waals surface area contributed by atoms with Crippen LogP contribution in [0.3, 0.4) is 0 Å². The molecular weight excluding hydrogens is 635 g/mol. The zero-order chi connectivity index (χ0) is 33.5. The number of H-pyrrole nitrogens is 1. The molecular formula is C36H43FN4O6S. The number of ether oxygens (including phenoxy) is 2. The number of aromatic nitrogens is 1. The number of phenols is 1. The highest BCUT2D eigenvalue weighted by Gasteiger charge is 2.41. The quantitative estimate of drug-likeness (QED) is 0.158. The Morgan fingerprint density at radius 3 is 2.67 bits per heavy atom. The van der Waals surface area contributed by atoms with Crippen LogP contribution in [0.5, 0.6) is 5.75 Å². The Morgan fingerprint density at radius 1 is 1.06 bits per heavy atom. The number of rotatable bonds is 13. The van der Waals surface area contributed by atoms with Crippen molar-refractivity contribution in [2.24, 2.45) is 0 Å². The molecule has 1 atom stereocenters. The van der Waals surface area contributed by atoms with E-state index in [1.807, 2.05) is 29.2 Å². The number of aliphatic hydroxyl groups is 1. The van der Waals surface area contributed by atoms with E-state index in [1.165, 1.54) is 11.6 Å². The Labute approximate surface area is 283 Å². The summed E-state index contributed by atoms with van der Waals surface area (Å²) in [5.41, 5.74) is 3.50. The minimum atomic E-state index is -0.874. The van der Waals surface area contributed by atoms with Gasteiger partial charge in [-0.05, 0) is 67.1 Å². The summed E-state index contributed by atoms with van der Waals surface area (Å²) in [6.07, 6.45) is 2.08. The van der Waals surface area contributed by atoms with Gasteiger partial charge in [-0.25, -0.2) is 4.39 Å². The van der Waals surface area contributed by atoms with Gasteiger partial charge in [0.25, 0.3) is 0 Å². The molecule has 0 aliphatic carbocycles. The monoisotopic (exact) mass is 678 g/mol. The van der Waals surface area contributed by atoms with Gasteiger partial charge in [0, 0.05) is 44.8 Å². The summed E-state index contributed by atoms with van der Waals surface area (Å²) < 4.78 is 27.1. The number of aromatic amines is 1. The molecule has 0 radical (unpaired) electrons. The summed E-state index contributed by atoms with van der Waals surface area (Å²) in [6.45, 7) is 5.22. The number of morpholine rings is 1. The number of nitrogens with one attached hydrogen (secondary N) is 2. The fourth-order valence-corrected chi connectivity index (χ4v) is 7.58. The van der Waals surface area contributed by atoms with Gasteiger partial charge in [0.05, 0.1) is 29.6 Å². The Hall–Kier alpha value is -3.65. The second kappa shape index (κ2) is 15.7. The zero-order valence-corrected chi connectivity index (χ0v) is 27.8. The molecule has 2 fully saturated rings. The predicted molar refractivity (Wildman–Crippen MR) is 183 cm³/mol. The lowest BCUT2D eigenvalue weighted by atomic mass is 9.89.